The normalized spacial score (nSPS) is 10.2. The smallest absolute Gasteiger partial charge is 0.348 e. The molecule has 2 heterocycles. The van der Waals surface area contributed by atoms with Crippen LogP contribution in [0.15, 0.2) is 35.1 Å². The van der Waals surface area contributed by atoms with Gasteiger partial charge in [0.25, 0.3) is 0 Å². The van der Waals surface area contributed by atoms with Crippen molar-refractivity contribution in [2.24, 2.45) is 0 Å². The van der Waals surface area contributed by atoms with E-state index >= 15 is 0 Å². The van der Waals surface area contributed by atoms with E-state index in [9.17, 15) is 4.79 Å². The minimum atomic E-state index is -0.270. The van der Waals surface area contributed by atoms with Gasteiger partial charge in [0, 0.05) is 27.3 Å². The van der Waals surface area contributed by atoms with Crippen LogP contribution in [0.4, 0.5) is 0 Å². The molecule has 17 heavy (non-hydrogen) atoms. The topological polar surface area (TPSA) is 39.2 Å². The second-order valence-electron chi connectivity index (χ2n) is 3.24. The van der Waals surface area contributed by atoms with Crippen LogP contribution in [0, 0.1) is 0 Å². The number of rotatable bonds is 3. The van der Waals surface area contributed by atoms with Crippen molar-refractivity contribution in [2.75, 3.05) is 6.61 Å². The van der Waals surface area contributed by atoms with E-state index < -0.39 is 0 Å². The number of aromatic nitrogens is 1. The number of pyridine rings is 1. The summed E-state index contributed by atoms with van der Waals surface area (Å²) in [6.07, 6.45) is 3.46. The average Bonchev–Trinajstić information content (AvgIpc) is 2.79. The molecule has 0 aliphatic rings. The molecule has 2 aromatic rings. The third-order valence-electron chi connectivity index (χ3n) is 2.12. The number of carbonyl (C=O) groups is 1. The molecule has 0 saturated heterocycles. The lowest BCUT2D eigenvalue weighted by molar-refractivity contribution is 0.0532. The zero-order valence-electron chi connectivity index (χ0n) is 9.14. The highest BCUT2D eigenvalue weighted by Crippen LogP contribution is 2.33. The molecule has 5 heteroatoms. The van der Waals surface area contributed by atoms with Crippen LogP contribution in [-0.2, 0) is 4.74 Å². The third kappa shape index (κ3) is 2.73. The van der Waals surface area contributed by atoms with Gasteiger partial charge in [0.15, 0.2) is 0 Å². The molecule has 0 saturated carbocycles. The SMILES string of the molecule is CCOC(=O)c1ccc(-c2ccncc2Br)s1. The molecule has 0 amide bonds. The van der Waals surface area contributed by atoms with Crippen LogP contribution in [0.1, 0.15) is 16.6 Å². The molecule has 88 valence electrons. The maximum Gasteiger partial charge on any atom is 0.348 e. The third-order valence-corrected chi connectivity index (χ3v) is 3.85. The van der Waals surface area contributed by atoms with E-state index in [0.29, 0.717) is 11.5 Å². The molecule has 0 radical (unpaired) electrons. The first-order valence-electron chi connectivity index (χ1n) is 5.09. The Labute approximate surface area is 112 Å². The van der Waals surface area contributed by atoms with Crippen molar-refractivity contribution < 1.29 is 9.53 Å². The Morgan fingerprint density at radius 1 is 1.47 bits per heavy atom. The maximum absolute atomic E-state index is 11.5. The summed E-state index contributed by atoms with van der Waals surface area (Å²) in [7, 11) is 0. The van der Waals surface area contributed by atoms with E-state index in [0.717, 1.165) is 14.9 Å². The van der Waals surface area contributed by atoms with Gasteiger partial charge >= 0.3 is 5.97 Å². The molecule has 0 aliphatic heterocycles. The fourth-order valence-electron chi connectivity index (χ4n) is 1.37. The fraction of sp³-hybridized carbons (Fsp3) is 0.167. The summed E-state index contributed by atoms with van der Waals surface area (Å²) in [4.78, 5) is 17.2. The average molecular weight is 312 g/mol. The van der Waals surface area contributed by atoms with Crippen molar-refractivity contribution in [1.29, 1.82) is 0 Å². The van der Waals surface area contributed by atoms with Crippen LogP contribution < -0.4 is 0 Å². The standard InChI is InChI=1S/C12H10BrNO2S/c1-2-16-12(15)11-4-3-10(17-11)8-5-6-14-7-9(8)13/h3-7H,2H2,1H3. The number of carbonyl (C=O) groups excluding carboxylic acids is 1. The zero-order chi connectivity index (χ0) is 12.3. The maximum atomic E-state index is 11.5. The lowest BCUT2D eigenvalue weighted by Gasteiger charge is -1.99. The molecular weight excluding hydrogens is 302 g/mol. The Bertz CT molecular complexity index is 539. The minimum Gasteiger partial charge on any atom is -0.462 e. The Morgan fingerprint density at radius 2 is 2.29 bits per heavy atom. The summed E-state index contributed by atoms with van der Waals surface area (Å²) >= 11 is 4.85. The van der Waals surface area contributed by atoms with Gasteiger partial charge in [0.2, 0.25) is 0 Å². The summed E-state index contributed by atoms with van der Waals surface area (Å²) in [6.45, 7) is 2.19. The quantitative estimate of drug-likeness (QED) is 0.810. The van der Waals surface area contributed by atoms with E-state index in [1.165, 1.54) is 11.3 Å². The van der Waals surface area contributed by atoms with Crippen LogP contribution in [-0.4, -0.2) is 17.6 Å². The first-order chi connectivity index (χ1) is 8.22. The highest BCUT2D eigenvalue weighted by molar-refractivity contribution is 9.10. The van der Waals surface area contributed by atoms with Gasteiger partial charge in [-0.1, -0.05) is 0 Å². The largest absolute Gasteiger partial charge is 0.462 e. The van der Waals surface area contributed by atoms with Crippen molar-refractivity contribution in [3.05, 3.63) is 39.9 Å². The molecule has 2 aromatic heterocycles. The van der Waals surface area contributed by atoms with Gasteiger partial charge in [-0.2, -0.15) is 0 Å². The molecule has 2 rings (SSSR count). The van der Waals surface area contributed by atoms with Crippen LogP contribution in [0.5, 0.6) is 0 Å². The van der Waals surface area contributed by atoms with Crippen molar-refractivity contribution in [2.45, 2.75) is 6.92 Å². The van der Waals surface area contributed by atoms with Crippen molar-refractivity contribution in [3.8, 4) is 10.4 Å². The predicted molar refractivity (Wildman–Crippen MR) is 71.2 cm³/mol. The predicted octanol–water partition coefficient (Wildman–Crippen LogP) is 3.75. The molecule has 0 atom stereocenters. The lowest BCUT2D eigenvalue weighted by Crippen LogP contribution is -2.01. The van der Waals surface area contributed by atoms with Gasteiger partial charge in [0.05, 0.1) is 6.61 Å². The van der Waals surface area contributed by atoms with Crippen molar-refractivity contribution in [3.63, 3.8) is 0 Å². The summed E-state index contributed by atoms with van der Waals surface area (Å²) in [5.41, 5.74) is 1.03. The first kappa shape index (κ1) is 12.3. The lowest BCUT2D eigenvalue weighted by atomic mass is 10.2. The van der Waals surface area contributed by atoms with Gasteiger partial charge < -0.3 is 4.74 Å². The minimum absolute atomic E-state index is 0.270. The molecule has 0 unspecified atom stereocenters. The highest BCUT2D eigenvalue weighted by atomic mass is 79.9. The molecule has 3 nitrogen and oxygen atoms in total. The van der Waals surface area contributed by atoms with Crippen LogP contribution >= 0.6 is 27.3 Å². The molecule has 0 bridgehead atoms. The number of thiophene rings is 1. The Kier molecular flexibility index (Phi) is 3.91. The van der Waals surface area contributed by atoms with Gasteiger partial charge in [-0.15, -0.1) is 11.3 Å². The van der Waals surface area contributed by atoms with Gasteiger partial charge in [-0.3, -0.25) is 4.98 Å². The monoisotopic (exact) mass is 311 g/mol. The number of hydrogen-bond acceptors (Lipinski definition) is 4. The van der Waals surface area contributed by atoms with Gasteiger partial charge in [-0.25, -0.2) is 4.79 Å². The Morgan fingerprint density at radius 3 is 3.00 bits per heavy atom. The second kappa shape index (κ2) is 5.42. The highest BCUT2D eigenvalue weighted by Gasteiger charge is 2.12. The molecule has 0 spiro atoms. The van der Waals surface area contributed by atoms with E-state index in [4.69, 9.17) is 4.74 Å². The second-order valence-corrected chi connectivity index (χ2v) is 5.18. The number of hydrogen-bond donors (Lipinski definition) is 0. The summed E-state index contributed by atoms with van der Waals surface area (Å²) in [6, 6.07) is 5.60. The Balaban J connectivity index is 2.30. The zero-order valence-corrected chi connectivity index (χ0v) is 11.5. The van der Waals surface area contributed by atoms with Crippen LogP contribution in [0.2, 0.25) is 0 Å². The van der Waals surface area contributed by atoms with E-state index in [2.05, 4.69) is 20.9 Å². The van der Waals surface area contributed by atoms with Crippen LogP contribution in [0.3, 0.4) is 0 Å². The summed E-state index contributed by atoms with van der Waals surface area (Å²) < 4.78 is 5.87. The van der Waals surface area contributed by atoms with E-state index in [1.54, 1.807) is 25.4 Å². The van der Waals surface area contributed by atoms with Gasteiger partial charge in [0.1, 0.15) is 4.88 Å². The van der Waals surface area contributed by atoms with E-state index in [-0.39, 0.29) is 5.97 Å². The number of nitrogens with zero attached hydrogens (tertiary/aromatic N) is 1. The van der Waals surface area contributed by atoms with E-state index in [1.807, 2.05) is 12.1 Å². The van der Waals surface area contributed by atoms with Crippen molar-refractivity contribution in [1.82, 2.24) is 4.98 Å². The molecule has 0 aliphatic carbocycles. The van der Waals surface area contributed by atoms with Gasteiger partial charge in [-0.05, 0) is 41.1 Å². The first-order valence-corrected chi connectivity index (χ1v) is 6.70. The van der Waals surface area contributed by atoms with Crippen LogP contribution in [0.25, 0.3) is 10.4 Å². The Hall–Kier alpha value is -1.20. The van der Waals surface area contributed by atoms with Crippen molar-refractivity contribution >= 4 is 33.2 Å². The molecule has 0 aromatic carbocycles. The molecule has 0 N–H and O–H groups in total. The fourth-order valence-corrected chi connectivity index (χ4v) is 2.90. The molecule has 0 fully saturated rings. The number of esters is 1. The number of halogens is 1. The summed E-state index contributed by atoms with van der Waals surface area (Å²) in [5, 5.41) is 0. The molecular formula is C12H10BrNO2S. The number of ether oxygens (including phenoxy) is 1. The summed E-state index contributed by atoms with van der Waals surface area (Å²) in [5.74, 6) is -0.270.